The SMILES string of the molecule is COc1cccc(NS(=O)(=O)c2cc([N+](=O)[O-])c(Cl)s2)c1. The van der Waals surface area contributed by atoms with Gasteiger partial charge in [0.1, 0.15) is 9.96 Å². The van der Waals surface area contributed by atoms with Gasteiger partial charge in [0.15, 0.2) is 4.34 Å². The van der Waals surface area contributed by atoms with E-state index in [2.05, 4.69) is 4.72 Å². The quantitative estimate of drug-likeness (QED) is 0.661. The van der Waals surface area contributed by atoms with Crippen molar-refractivity contribution in [2.75, 3.05) is 11.8 Å². The first kappa shape index (κ1) is 15.5. The van der Waals surface area contributed by atoms with Crippen LogP contribution in [0.5, 0.6) is 5.75 Å². The smallest absolute Gasteiger partial charge is 0.300 e. The van der Waals surface area contributed by atoms with Gasteiger partial charge in [0.2, 0.25) is 0 Å². The van der Waals surface area contributed by atoms with Crippen molar-refractivity contribution in [2.24, 2.45) is 0 Å². The van der Waals surface area contributed by atoms with Crippen molar-refractivity contribution in [3.63, 3.8) is 0 Å². The molecule has 0 aliphatic carbocycles. The largest absolute Gasteiger partial charge is 0.497 e. The van der Waals surface area contributed by atoms with Crippen molar-refractivity contribution in [3.8, 4) is 5.75 Å². The van der Waals surface area contributed by atoms with Gasteiger partial charge in [-0.3, -0.25) is 14.8 Å². The average Bonchev–Trinajstić information content (AvgIpc) is 2.81. The van der Waals surface area contributed by atoms with Gasteiger partial charge in [0.05, 0.1) is 17.7 Å². The van der Waals surface area contributed by atoms with Gasteiger partial charge >= 0.3 is 0 Å². The molecule has 7 nitrogen and oxygen atoms in total. The molecule has 0 saturated carbocycles. The Hall–Kier alpha value is -1.84. The summed E-state index contributed by atoms with van der Waals surface area (Å²) in [4.78, 5) is 9.97. The van der Waals surface area contributed by atoms with Gasteiger partial charge in [0, 0.05) is 12.1 Å². The Balaban J connectivity index is 2.34. The number of hydrogen-bond acceptors (Lipinski definition) is 6. The maximum absolute atomic E-state index is 12.2. The van der Waals surface area contributed by atoms with Crippen LogP contribution in [0.2, 0.25) is 4.34 Å². The molecule has 1 aromatic carbocycles. The maximum Gasteiger partial charge on any atom is 0.300 e. The number of nitrogens with zero attached hydrogens (tertiary/aromatic N) is 1. The number of ether oxygens (including phenoxy) is 1. The average molecular weight is 349 g/mol. The molecule has 0 aliphatic rings. The zero-order valence-corrected chi connectivity index (χ0v) is 13.0. The molecule has 1 heterocycles. The van der Waals surface area contributed by atoms with E-state index in [1.54, 1.807) is 12.1 Å². The molecule has 0 spiro atoms. The Morgan fingerprint density at radius 1 is 1.38 bits per heavy atom. The van der Waals surface area contributed by atoms with E-state index in [9.17, 15) is 18.5 Å². The summed E-state index contributed by atoms with van der Waals surface area (Å²) in [5.74, 6) is 0.477. The standard InChI is InChI=1S/C11H9ClN2O5S2/c1-19-8-4-2-3-7(5-8)13-21(17,18)10-6-9(14(15)16)11(12)20-10/h2-6,13H,1H3. The molecule has 112 valence electrons. The molecule has 0 radical (unpaired) electrons. The highest BCUT2D eigenvalue weighted by atomic mass is 35.5. The van der Waals surface area contributed by atoms with Gasteiger partial charge in [-0.05, 0) is 12.1 Å². The second-order valence-electron chi connectivity index (χ2n) is 3.82. The second-order valence-corrected chi connectivity index (χ2v) is 7.38. The Labute approximate surface area is 129 Å². The predicted octanol–water partition coefficient (Wildman–Crippen LogP) is 3.12. The monoisotopic (exact) mass is 348 g/mol. The van der Waals surface area contributed by atoms with Crippen LogP contribution in [0, 0.1) is 10.1 Å². The van der Waals surface area contributed by atoms with Crippen LogP contribution in [0.1, 0.15) is 0 Å². The van der Waals surface area contributed by atoms with Crippen LogP contribution in [-0.4, -0.2) is 20.5 Å². The lowest BCUT2D eigenvalue weighted by Crippen LogP contribution is -2.11. The molecule has 1 N–H and O–H groups in total. The molecule has 2 aromatic rings. The molecule has 10 heteroatoms. The third-order valence-electron chi connectivity index (χ3n) is 2.43. The minimum atomic E-state index is -3.95. The first-order chi connectivity index (χ1) is 9.83. The normalized spacial score (nSPS) is 11.1. The molecular weight excluding hydrogens is 340 g/mol. The highest BCUT2D eigenvalue weighted by molar-refractivity contribution is 7.94. The van der Waals surface area contributed by atoms with E-state index in [1.807, 2.05) is 0 Å². The zero-order chi connectivity index (χ0) is 15.6. The highest BCUT2D eigenvalue weighted by Gasteiger charge is 2.25. The van der Waals surface area contributed by atoms with Gasteiger partial charge in [-0.15, -0.1) is 11.3 Å². The molecule has 0 amide bonds. The van der Waals surface area contributed by atoms with Crippen LogP contribution >= 0.6 is 22.9 Å². The number of anilines is 1. The summed E-state index contributed by atoms with van der Waals surface area (Å²) in [5.41, 5.74) is -0.158. The lowest BCUT2D eigenvalue weighted by molar-refractivity contribution is -0.384. The predicted molar refractivity (Wildman–Crippen MR) is 79.8 cm³/mol. The van der Waals surface area contributed by atoms with Gasteiger partial charge in [-0.1, -0.05) is 17.7 Å². The fourth-order valence-corrected chi connectivity index (χ4v) is 4.20. The van der Waals surface area contributed by atoms with Crippen LogP contribution in [0.4, 0.5) is 11.4 Å². The summed E-state index contributed by atoms with van der Waals surface area (Å²) in [5, 5.41) is 10.7. The molecular formula is C11H9ClN2O5S2. The maximum atomic E-state index is 12.2. The molecule has 0 aliphatic heterocycles. The summed E-state index contributed by atoms with van der Waals surface area (Å²) in [6, 6.07) is 7.21. The highest BCUT2D eigenvalue weighted by Crippen LogP contribution is 2.36. The Morgan fingerprint density at radius 2 is 2.10 bits per heavy atom. The number of thiophene rings is 1. The molecule has 2 rings (SSSR count). The molecule has 21 heavy (non-hydrogen) atoms. The number of nitrogens with one attached hydrogen (secondary N) is 1. The van der Waals surface area contributed by atoms with Crippen molar-refractivity contribution in [1.29, 1.82) is 0 Å². The number of halogens is 1. The fraction of sp³-hybridized carbons (Fsp3) is 0.0909. The van der Waals surface area contributed by atoms with Crippen LogP contribution in [-0.2, 0) is 10.0 Å². The van der Waals surface area contributed by atoms with Crippen molar-refractivity contribution < 1.29 is 18.1 Å². The fourth-order valence-electron chi connectivity index (χ4n) is 1.49. The first-order valence-electron chi connectivity index (χ1n) is 5.44. The van der Waals surface area contributed by atoms with Crippen molar-refractivity contribution in [2.45, 2.75) is 4.21 Å². The summed E-state index contributed by atoms with van der Waals surface area (Å²) in [6.07, 6.45) is 0. The zero-order valence-electron chi connectivity index (χ0n) is 10.6. The van der Waals surface area contributed by atoms with E-state index in [-0.39, 0.29) is 14.2 Å². The number of hydrogen-bond donors (Lipinski definition) is 1. The van der Waals surface area contributed by atoms with E-state index < -0.39 is 20.6 Å². The molecule has 0 fully saturated rings. The van der Waals surface area contributed by atoms with Crippen LogP contribution in [0.15, 0.2) is 34.5 Å². The second kappa shape index (κ2) is 5.88. The molecule has 0 unspecified atom stereocenters. The lowest BCUT2D eigenvalue weighted by atomic mass is 10.3. The van der Waals surface area contributed by atoms with Crippen LogP contribution < -0.4 is 9.46 Å². The van der Waals surface area contributed by atoms with Gasteiger partial charge < -0.3 is 4.74 Å². The van der Waals surface area contributed by atoms with Crippen molar-refractivity contribution in [3.05, 3.63) is 44.8 Å². The summed E-state index contributed by atoms with van der Waals surface area (Å²) in [7, 11) is -2.50. The van der Waals surface area contributed by atoms with Crippen LogP contribution in [0.3, 0.4) is 0 Å². The van der Waals surface area contributed by atoms with Gasteiger partial charge in [-0.2, -0.15) is 0 Å². The van der Waals surface area contributed by atoms with E-state index >= 15 is 0 Å². The van der Waals surface area contributed by atoms with E-state index in [1.165, 1.54) is 19.2 Å². The molecule has 0 bridgehead atoms. The Bertz CT molecular complexity index is 788. The van der Waals surface area contributed by atoms with E-state index in [4.69, 9.17) is 16.3 Å². The third kappa shape index (κ3) is 3.43. The van der Waals surface area contributed by atoms with Crippen LogP contribution in [0.25, 0.3) is 0 Å². The van der Waals surface area contributed by atoms with Gasteiger partial charge in [-0.25, -0.2) is 8.42 Å². The summed E-state index contributed by atoms with van der Waals surface area (Å²) < 4.78 is 31.2. The van der Waals surface area contributed by atoms with Crippen molar-refractivity contribution in [1.82, 2.24) is 0 Å². The summed E-state index contributed by atoms with van der Waals surface area (Å²) in [6.45, 7) is 0. The minimum absolute atomic E-state index is 0.189. The number of nitro groups is 1. The summed E-state index contributed by atoms with van der Waals surface area (Å²) >= 11 is 6.28. The first-order valence-corrected chi connectivity index (χ1v) is 8.12. The van der Waals surface area contributed by atoms with Gasteiger partial charge in [0.25, 0.3) is 15.7 Å². The molecule has 0 saturated heterocycles. The Kier molecular flexibility index (Phi) is 4.35. The van der Waals surface area contributed by atoms with Crippen molar-refractivity contribution >= 4 is 44.3 Å². The Morgan fingerprint density at radius 3 is 2.67 bits per heavy atom. The number of rotatable bonds is 5. The van der Waals surface area contributed by atoms with E-state index in [0.717, 1.165) is 6.07 Å². The molecule has 0 atom stereocenters. The number of sulfonamides is 1. The minimum Gasteiger partial charge on any atom is -0.497 e. The number of methoxy groups -OCH3 is 1. The van der Waals surface area contributed by atoms with E-state index in [0.29, 0.717) is 17.1 Å². The topological polar surface area (TPSA) is 98.5 Å². The number of benzene rings is 1. The lowest BCUT2D eigenvalue weighted by Gasteiger charge is -2.07. The third-order valence-corrected chi connectivity index (χ3v) is 5.62. The molecule has 1 aromatic heterocycles.